The summed E-state index contributed by atoms with van der Waals surface area (Å²) in [4.78, 5) is 12.0. The number of carbonyl (C=O) groups is 1. The van der Waals surface area contributed by atoms with Gasteiger partial charge in [0.15, 0.2) is 24.3 Å². The Hall–Kier alpha value is -3.56. The minimum Gasteiger partial charge on any atom is -0.456 e. The van der Waals surface area contributed by atoms with Gasteiger partial charge in [0.1, 0.15) is 17.4 Å². The summed E-state index contributed by atoms with van der Waals surface area (Å²) >= 11 is 0. The molecule has 0 aromatic heterocycles. The number of rotatable bonds is 8. The topological polar surface area (TPSA) is 95.8 Å². The molecule has 2 saturated heterocycles. The smallest absolute Gasteiger partial charge is 0.303 e. The van der Waals surface area contributed by atoms with Crippen molar-refractivity contribution in [1.29, 1.82) is 0 Å². The van der Waals surface area contributed by atoms with Gasteiger partial charge in [-0.1, -0.05) is 96.2 Å². The molecule has 2 fully saturated rings. The molecule has 8 nitrogen and oxygen atoms in total. The zero-order valence-electron chi connectivity index (χ0n) is 21.5. The first-order chi connectivity index (χ1) is 18.3. The van der Waals surface area contributed by atoms with Crippen molar-refractivity contribution in [2.75, 3.05) is 6.61 Å². The number of benzene rings is 3. The van der Waals surface area contributed by atoms with Gasteiger partial charge in [0.25, 0.3) is 0 Å². The van der Waals surface area contributed by atoms with Gasteiger partial charge in [-0.25, -0.2) is 0 Å². The summed E-state index contributed by atoms with van der Waals surface area (Å²) in [5, 5.41) is 13.7. The third-order valence-electron chi connectivity index (χ3n) is 6.73. The van der Waals surface area contributed by atoms with Crippen molar-refractivity contribution in [3.05, 3.63) is 108 Å². The highest BCUT2D eigenvalue weighted by atomic mass is 16.8. The summed E-state index contributed by atoms with van der Waals surface area (Å²) in [6.45, 7) is 4.68. The number of hydrogen-bond donors (Lipinski definition) is 1. The van der Waals surface area contributed by atoms with Crippen molar-refractivity contribution in [3.8, 4) is 0 Å². The van der Waals surface area contributed by atoms with Gasteiger partial charge in [-0.15, -0.1) is 0 Å². The maximum atomic E-state index is 12.0. The number of fused-ring (bicyclic) bond motifs is 1. The number of oxime groups is 1. The van der Waals surface area contributed by atoms with Gasteiger partial charge in [0.2, 0.25) is 0 Å². The van der Waals surface area contributed by atoms with Crippen LogP contribution in [0.5, 0.6) is 0 Å². The van der Waals surface area contributed by atoms with Crippen LogP contribution in [0.25, 0.3) is 0 Å². The molecule has 0 bridgehead atoms. The Kier molecular flexibility index (Phi) is 7.32. The quantitative estimate of drug-likeness (QED) is 0.153. The Morgan fingerprint density at radius 2 is 1.39 bits per heavy atom. The van der Waals surface area contributed by atoms with Crippen LogP contribution < -0.4 is 0 Å². The van der Waals surface area contributed by atoms with E-state index in [-0.39, 0.29) is 12.3 Å². The fourth-order valence-corrected chi connectivity index (χ4v) is 5.19. The molecule has 38 heavy (non-hydrogen) atoms. The van der Waals surface area contributed by atoms with E-state index in [1.54, 1.807) is 13.8 Å². The number of esters is 1. The van der Waals surface area contributed by atoms with Gasteiger partial charge in [0.05, 0.1) is 6.61 Å². The van der Waals surface area contributed by atoms with Crippen LogP contribution in [-0.2, 0) is 34.1 Å². The molecule has 0 unspecified atom stereocenters. The van der Waals surface area contributed by atoms with E-state index in [9.17, 15) is 10.0 Å². The molecule has 2 aliphatic heterocycles. The molecule has 1 N–H and O–H groups in total. The van der Waals surface area contributed by atoms with E-state index in [1.807, 2.05) is 91.0 Å². The Morgan fingerprint density at radius 1 is 0.895 bits per heavy atom. The lowest BCUT2D eigenvalue weighted by atomic mass is 9.80. The molecule has 2 aliphatic rings. The first kappa shape index (κ1) is 26.1. The van der Waals surface area contributed by atoms with Crippen LogP contribution in [0.15, 0.2) is 96.2 Å². The number of hydrogen-bond acceptors (Lipinski definition) is 8. The Labute approximate surface area is 221 Å². The van der Waals surface area contributed by atoms with Gasteiger partial charge >= 0.3 is 5.97 Å². The third-order valence-corrected chi connectivity index (χ3v) is 6.73. The molecule has 0 saturated carbocycles. The molecule has 0 amide bonds. The van der Waals surface area contributed by atoms with Crippen LogP contribution in [0.2, 0.25) is 0 Å². The summed E-state index contributed by atoms with van der Waals surface area (Å²) in [5.74, 6) is -1.42. The standard InChI is InChI=1S/C30H31NO7/c1-20(32)35-26-25(36-28-27(26)37-29(2,3)38-28)24(31-33)19-34-30(21-13-7-4-8-14-21,22-15-9-5-10-16-22)23-17-11-6-12-18-23/h4-18,25-28,33H,19H2,1-3H3/b31-24+/t25-,26-,27+,28+/m0/s1. The second kappa shape index (κ2) is 10.7. The molecule has 5 rings (SSSR count). The van der Waals surface area contributed by atoms with E-state index in [2.05, 4.69) is 5.16 Å². The lowest BCUT2D eigenvalue weighted by molar-refractivity contribution is -0.211. The predicted molar refractivity (Wildman–Crippen MR) is 139 cm³/mol. The largest absolute Gasteiger partial charge is 0.456 e. The summed E-state index contributed by atoms with van der Waals surface area (Å²) in [7, 11) is 0. The molecule has 8 heteroatoms. The summed E-state index contributed by atoms with van der Waals surface area (Å²) in [6, 6.07) is 29.5. The van der Waals surface area contributed by atoms with Gasteiger partial charge in [-0.05, 0) is 30.5 Å². The van der Waals surface area contributed by atoms with Crippen LogP contribution in [0, 0.1) is 0 Å². The molecule has 3 aromatic carbocycles. The monoisotopic (exact) mass is 517 g/mol. The second-order valence-electron chi connectivity index (χ2n) is 9.76. The Balaban J connectivity index is 1.52. The average molecular weight is 518 g/mol. The van der Waals surface area contributed by atoms with Crippen molar-refractivity contribution in [3.63, 3.8) is 0 Å². The van der Waals surface area contributed by atoms with Crippen LogP contribution in [0.1, 0.15) is 37.5 Å². The molecule has 3 aromatic rings. The van der Waals surface area contributed by atoms with Crippen molar-refractivity contribution in [2.24, 2.45) is 5.16 Å². The highest BCUT2D eigenvalue weighted by Crippen LogP contribution is 2.42. The highest BCUT2D eigenvalue weighted by Gasteiger charge is 2.58. The van der Waals surface area contributed by atoms with E-state index >= 15 is 0 Å². The minimum atomic E-state index is -1.04. The summed E-state index contributed by atoms with van der Waals surface area (Å²) in [5.41, 5.74) is 1.78. The average Bonchev–Trinajstić information content (AvgIpc) is 3.40. The predicted octanol–water partition coefficient (Wildman–Crippen LogP) is 4.63. The second-order valence-corrected chi connectivity index (χ2v) is 9.76. The molecular weight excluding hydrogens is 486 g/mol. The first-order valence-corrected chi connectivity index (χ1v) is 12.5. The maximum Gasteiger partial charge on any atom is 0.303 e. The fourth-order valence-electron chi connectivity index (χ4n) is 5.19. The van der Waals surface area contributed by atoms with Gasteiger partial charge in [-0.2, -0.15) is 0 Å². The lowest BCUT2D eigenvalue weighted by Gasteiger charge is -2.36. The van der Waals surface area contributed by atoms with Crippen LogP contribution >= 0.6 is 0 Å². The van der Waals surface area contributed by atoms with Crippen molar-refractivity contribution in [2.45, 2.75) is 56.8 Å². The zero-order chi connectivity index (χ0) is 26.8. The van der Waals surface area contributed by atoms with Crippen molar-refractivity contribution in [1.82, 2.24) is 0 Å². The third kappa shape index (κ3) is 4.96. The molecular formula is C30H31NO7. The van der Waals surface area contributed by atoms with E-state index in [4.69, 9.17) is 23.7 Å². The summed E-state index contributed by atoms with van der Waals surface area (Å²) in [6.07, 6.45) is -3.29. The molecule has 4 atom stereocenters. The maximum absolute atomic E-state index is 12.0. The molecule has 0 radical (unpaired) electrons. The van der Waals surface area contributed by atoms with E-state index < -0.39 is 42.0 Å². The van der Waals surface area contributed by atoms with E-state index in [1.165, 1.54) is 6.92 Å². The van der Waals surface area contributed by atoms with Crippen LogP contribution in [0.4, 0.5) is 0 Å². The normalized spacial score (nSPS) is 24.7. The number of ether oxygens (including phenoxy) is 5. The van der Waals surface area contributed by atoms with Gasteiger partial charge in [0, 0.05) is 6.92 Å². The van der Waals surface area contributed by atoms with E-state index in [0.29, 0.717) is 0 Å². The molecule has 0 aliphatic carbocycles. The summed E-state index contributed by atoms with van der Waals surface area (Å²) < 4.78 is 30.2. The zero-order valence-corrected chi connectivity index (χ0v) is 21.5. The Morgan fingerprint density at radius 3 is 1.84 bits per heavy atom. The minimum absolute atomic E-state index is 0.138. The van der Waals surface area contributed by atoms with Crippen LogP contribution in [-0.4, -0.2) is 53.9 Å². The lowest BCUT2D eigenvalue weighted by Crippen LogP contribution is -2.44. The number of carbonyl (C=O) groups excluding carboxylic acids is 1. The van der Waals surface area contributed by atoms with Gasteiger partial charge < -0.3 is 28.9 Å². The van der Waals surface area contributed by atoms with Crippen molar-refractivity contribution < 1.29 is 33.7 Å². The highest BCUT2D eigenvalue weighted by molar-refractivity contribution is 5.91. The van der Waals surface area contributed by atoms with E-state index in [0.717, 1.165) is 16.7 Å². The molecule has 0 spiro atoms. The van der Waals surface area contributed by atoms with Crippen LogP contribution in [0.3, 0.4) is 0 Å². The molecule has 2 heterocycles. The molecule has 198 valence electrons. The fraction of sp³-hybridized carbons (Fsp3) is 0.333. The van der Waals surface area contributed by atoms with Crippen molar-refractivity contribution >= 4 is 11.7 Å². The van der Waals surface area contributed by atoms with Gasteiger partial charge in [-0.3, -0.25) is 4.79 Å². The number of nitrogens with zero attached hydrogens (tertiary/aromatic N) is 1. The Bertz CT molecular complexity index is 1170. The SMILES string of the molecule is CC(=O)O[C@@H]1[C@H]2OC(C)(C)O[C@H]2O[C@H]1/C(COC(c1ccccc1)(c1ccccc1)c1ccccc1)=N/O. The first-order valence-electron chi connectivity index (χ1n) is 12.5.